The fourth-order valence-electron chi connectivity index (χ4n) is 2.12. The molecule has 0 radical (unpaired) electrons. The number of nitrogens with zero attached hydrogens (tertiary/aromatic N) is 1. The summed E-state index contributed by atoms with van der Waals surface area (Å²) in [5.41, 5.74) is 0.130. The molecule has 0 aliphatic heterocycles. The molecule has 0 atom stereocenters. The van der Waals surface area contributed by atoms with E-state index in [1.165, 1.54) is 16.4 Å². The third-order valence-electron chi connectivity index (χ3n) is 3.94. The van der Waals surface area contributed by atoms with Crippen LogP contribution in [0.3, 0.4) is 0 Å². The van der Waals surface area contributed by atoms with Crippen LogP contribution >= 0.6 is 0 Å². The number of aryl methyl sites for hydroxylation is 1. The molecule has 0 heterocycles. The zero-order chi connectivity index (χ0) is 19.4. The fraction of sp³-hybridized carbons (Fsp3) is 0.556. The number of benzene rings is 1. The summed E-state index contributed by atoms with van der Waals surface area (Å²) in [6.07, 6.45) is 0. The summed E-state index contributed by atoms with van der Waals surface area (Å²) < 4.78 is 31.6. The number of carbonyl (C=O) groups is 2. The Morgan fingerprint density at radius 3 is 2.16 bits per heavy atom. The molecule has 7 heteroatoms. The van der Waals surface area contributed by atoms with Crippen molar-refractivity contribution in [1.29, 1.82) is 0 Å². The highest BCUT2D eigenvalue weighted by molar-refractivity contribution is 7.89. The Balaban J connectivity index is 3.10. The molecular formula is C18H27NO5S. The van der Waals surface area contributed by atoms with Crippen molar-refractivity contribution in [2.75, 3.05) is 19.7 Å². The monoisotopic (exact) mass is 369 g/mol. The van der Waals surface area contributed by atoms with Crippen LogP contribution in [0.25, 0.3) is 0 Å². The Morgan fingerprint density at radius 1 is 1.12 bits per heavy atom. The van der Waals surface area contributed by atoms with E-state index < -0.39 is 21.4 Å². The molecule has 0 N–H and O–H groups in total. The topological polar surface area (TPSA) is 80.8 Å². The molecule has 25 heavy (non-hydrogen) atoms. The van der Waals surface area contributed by atoms with Gasteiger partial charge in [-0.25, -0.2) is 13.2 Å². The molecule has 6 nitrogen and oxygen atoms in total. The second-order valence-electron chi connectivity index (χ2n) is 6.82. The van der Waals surface area contributed by atoms with Gasteiger partial charge < -0.3 is 4.74 Å². The van der Waals surface area contributed by atoms with Gasteiger partial charge in [0.1, 0.15) is 0 Å². The first-order valence-electron chi connectivity index (χ1n) is 8.26. The predicted octanol–water partition coefficient (Wildman–Crippen LogP) is 2.80. The zero-order valence-corrected chi connectivity index (χ0v) is 16.6. The minimum absolute atomic E-state index is 0.0379. The van der Waals surface area contributed by atoms with Crippen molar-refractivity contribution in [3.05, 3.63) is 29.3 Å². The highest BCUT2D eigenvalue weighted by Crippen LogP contribution is 2.21. The third kappa shape index (κ3) is 5.12. The molecule has 0 aliphatic carbocycles. The van der Waals surface area contributed by atoms with Crippen LogP contribution in [0.15, 0.2) is 23.1 Å². The number of carbonyl (C=O) groups excluding carboxylic acids is 2. The standard InChI is InChI=1S/C18H27NO5S/c1-7-19(8-2)25(22,23)14-10-9-13(3)15(11-14)17(21)24-12-16(20)18(4,5)6/h9-11H,7-8,12H2,1-6H3. The van der Waals surface area contributed by atoms with E-state index in [0.29, 0.717) is 18.7 Å². The highest BCUT2D eigenvalue weighted by atomic mass is 32.2. The summed E-state index contributed by atoms with van der Waals surface area (Å²) in [7, 11) is -3.67. The minimum atomic E-state index is -3.67. The molecular weight excluding hydrogens is 342 g/mol. The SMILES string of the molecule is CCN(CC)S(=O)(=O)c1ccc(C)c(C(=O)OCC(=O)C(C)(C)C)c1. The molecule has 0 fully saturated rings. The summed E-state index contributed by atoms with van der Waals surface area (Å²) in [6.45, 7) is 10.8. The van der Waals surface area contributed by atoms with E-state index in [9.17, 15) is 18.0 Å². The normalized spacial score (nSPS) is 12.3. The van der Waals surface area contributed by atoms with E-state index in [1.54, 1.807) is 47.6 Å². The van der Waals surface area contributed by atoms with E-state index >= 15 is 0 Å². The zero-order valence-electron chi connectivity index (χ0n) is 15.8. The molecule has 0 aliphatic rings. The molecule has 0 aromatic heterocycles. The van der Waals surface area contributed by atoms with Gasteiger partial charge in [-0.15, -0.1) is 0 Å². The molecule has 1 aromatic rings. The average Bonchev–Trinajstić information content (AvgIpc) is 2.52. The lowest BCUT2D eigenvalue weighted by Gasteiger charge is -2.19. The van der Waals surface area contributed by atoms with E-state index in [2.05, 4.69) is 0 Å². The van der Waals surface area contributed by atoms with Crippen LogP contribution in [0.2, 0.25) is 0 Å². The van der Waals surface area contributed by atoms with Gasteiger partial charge in [-0.2, -0.15) is 4.31 Å². The molecule has 1 rings (SSSR count). The number of sulfonamides is 1. The maximum absolute atomic E-state index is 12.6. The molecule has 0 saturated carbocycles. The van der Waals surface area contributed by atoms with Crippen molar-refractivity contribution in [3.63, 3.8) is 0 Å². The van der Waals surface area contributed by atoms with Crippen molar-refractivity contribution in [2.24, 2.45) is 5.41 Å². The maximum Gasteiger partial charge on any atom is 0.338 e. The van der Waals surface area contributed by atoms with Crippen LogP contribution in [0, 0.1) is 12.3 Å². The number of ether oxygens (including phenoxy) is 1. The second kappa shape index (κ2) is 8.10. The van der Waals surface area contributed by atoms with Crippen molar-refractivity contribution >= 4 is 21.8 Å². The van der Waals surface area contributed by atoms with Gasteiger partial charge in [0, 0.05) is 18.5 Å². The fourth-order valence-corrected chi connectivity index (χ4v) is 3.60. The number of esters is 1. The number of ketones is 1. The molecule has 0 saturated heterocycles. The first-order chi connectivity index (χ1) is 11.4. The smallest absolute Gasteiger partial charge is 0.338 e. The molecule has 1 aromatic carbocycles. The Hall–Kier alpha value is -1.73. The lowest BCUT2D eigenvalue weighted by atomic mass is 9.91. The quantitative estimate of drug-likeness (QED) is 0.690. The van der Waals surface area contributed by atoms with E-state index in [1.807, 2.05) is 0 Å². The molecule has 0 unspecified atom stereocenters. The van der Waals surface area contributed by atoms with Gasteiger partial charge in [0.25, 0.3) is 0 Å². The van der Waals surface area contributed by atoms with Crippen molar-refractivity contribution in [3.8, 4) is 0 Å². The van der Waals surface area contributed by atoms with Crippen LogP contribution in [0.4, 0.5) is 0 Å². The number of hydrogen-bond acceptors (Lipinski definition) is 5. The summed E-state index contributed by atoms with van der Waals surface area (Å²) in [6, 6.07) is 4.35. The largest absolute Gasteiger partial charge is 0.454 e. The Labute approximate surface area is 150 Å². The van der Waals surface area contributed by atoms with E-state index in [0.717, 1.165) is 0 Å². The number of Topliss-reactive ketones (excluding diaryl/α,β-unsaturated/α-hetero) is 1. The lowest BCUT2D eigenvalue weighted by Crippen LogP contribution is -2.31. The molecule has 140 valence electrons. The van der Waals surface area contributed by atoms with Crippen LogP contribution in [0.5, 0.6) is 0 Å². The maximum atomic E-state index is 12.6. The van der Waals surface area contributed by atoms with Gasteiger partial charge in [0.05, 0.1) is 10.5 Å². The highest BCUT2D eigenvalue weighted by Gasteiger charge is 2.25. The molecule has 0 bridgehead atoms. The van der Waals surface area contributed by atoms with Gasteiger partial charge in [-0.3, -0.25) is 4.79 Å². The summed E-state index contributed by atoms with van der Waals surface area (Å²) in [5, 5.41) is 0. The first kappa shape index (κ1) is 21.3. The van der Waals surface area contributed by atoms with E-state index in [-0.39, 0.29) is 22.8 Å². The Kier molecular flexibility index (Phi) is 6.90. The van der Waals surface area contributed by atoms with Gasteiger partial charge in [0.2, 0.25) is 10.0 Å². The van der Waals surface area contributed by atoms with E-state index in [4.69, 9.17) is 4.74 Å². The van der Waals surface area contributed by atoms with Crippen molar-refractivity contribution < 1.29 is 22.7 Å². The predicted molar refractivity (Wildman–Crippen MR) is 96.0 cm³/mol. The number of hydrogen-bond donors (Lipinski definition) is 0. The number of rotatable bonds is 7. The summed E-state index contributed by atoms with van der Waals surface area (Å²) >= 11 is 0. The second-order valence-corrected chi connectivity index (χ2v) is 8.75. The van der Waals surface area contributed by atoms with Crippen LogP contribution in [-0.2, 0) is 19.6 Å². The van der Waals surface area contributed by atoms with Gasteiger partial charge in [-0.1, -0.05) is 40.7 Å². The molecule has 0 spiro atoms. The summed E-state index contributed by atoms with van der Waals surface area (Å²) in [4.78, 5) is 24.2. The van der Waals surface area contributed by atoms with Crippen LogP contribution in [-0.4, -0.2) is 44.2 Å². The third-order valence-corrected chi connectivity index (χ3v) is 5.99. The van der Waals surface area contributed by atoms with Crippen molar-refractivity contribution in [1.82, 2.24) is 4.31 Å². The first-order valence-corrected chi connectivity index (χ1v) is 9.70. The van der Waals surface area contributed by atoms with Gasteiger partial charge in [-0.05, 0) is 24.6 Å². The lowest BCUT2D eigenvalue weighted by molar-refractivity contribution is -0.129. The minimum Gasteiger partial charge on any atom is -0.454 e. The van der Waals surface area contributed by atoms with Crippen LogP contribution < -0.4 is 0 Å². The van der Waals surface area contributed by atoms with Gasteiger partial charge >= 0.3 is 5.97 Å². The van der Waals surface area contributed by atoms with Gasteiger partial charge in [0.15, 0.2) is 12.4 Å². The Morgan fingerprint density at radius 2 is 1.68 bits per heavy atom. The van der Waals surface area contributed by atoms with Crippen molar-refractivity contribution in [2.45, 2.75) is 46.4 Å². The van der Waals surface area contributed by atoms with Crippen LogP contribution in [0.1, 0.15) is 50.5 Å². The Bertz CT molecular complexity index is 743. The summed E-state index contributed by atoms with van der Waals surface area (Å²) in [5.74, 6) is -0.905. The molecule has 0 amide bonds. The average molecular weight is 369 g/mol.